The van der Waals surface area contributed by atoms with E-state index in [-0.39, 0.29) is 13.1 Å². The zero-order chi connectivity index (χ0) is 14.6. The first-order valence-electron chi connectivity index (χ1n) is 5.86. The van der Waals surface area contributed by atoms with Crippen LogP contribution in [0.3, 0.4) is 0 Å². The second-order valence-corrected chi connectivity index (χ2v) is 5.11. The molecule has 7 heteroatoms. The monoisotopic (exact) mass is 270 g/mol. The lowest BCUT2D eigenvalue weighted by Crippen LogP contribution is -2.46. The molecule has 0 saturated heterocycles. The van der Waals surface area contributed by atoms with Gasteiger partial charge in [0.25, 0.3) is 0 Å². The van der Waals surface area contributed by atoms with Crippen LogP contribution in [0.1, 0.15) is 20.8 Å². The van der Waals surface area contributed by atoms with Crippen LogP contribution in [0.2, 0.25) is 0 Å². The Morgan fingerprint density at radius 3 is 2.58 bits per heavy atom. The summed E-state index contributed by atoms with van der Waals surface area (Å²) in [6.45, 7) is 5.06. The quantitative estimate of drug-likeness (QED) is 0.722. The van der Waals surface area contributed by atoms with E-state index in [0.29, 0.717) is 0 Å². The maximum atomic E-state index is 11.8. The first-order chi connectivity index (χ1) is 8.70. The molecule has 1 heterocycles. The third-order valence-electron chi connectivity index (χ3n) is 2.31. The van der Waals surface area contributed by atoms with Gasteiger partial charge >= 0.3 is 12.1 Å². The van der Waals surface area contributed by atoms with Gasteiger partial charge in [-0.3, -0.25) is 4.79 Å². The molecule has 2 N–H and O–H groups in total. The highest BCUT2D eigenvalue weighted by Gasteiger charge is 2.30. The average Bonchev–Trinajstić information content (AvgIpc) is 2.72. The maximum Gasteiger partial charge on any atom is 0.408 e. The van der Waals surface area contributed by atoms with Crippen molar-refractivity contribution < 1.29 is 24.2 Å². The molecule has 0 aromatic carbocycles. The topological polar surface area (TPSA) is 95.9 Å². The van der Waals surface area contributed by atoms with Gasteiger partial charge in [-0.2, -0.15) is 0 Å². The predicted octanol–water partition coefficient (Wildman–Crippen LogP) is 0.363. The molecule has 0 radical (unpaired) electrons. The summed E-state index contributed by atoms with van der Waals surface area (Å²) in [4.78, 5) is 35.2. The Balaban J connectivity index is 2.44. The van der Waals surface area contributed by atoms with Crippen LogP contribution in [-0.2, 0) is 14.3 Å². The number of carbonyl (C=O) groups excluding carboxylic acids is 2. The van der Waals surface area contributed by atoms with Crippen LogP contribution >= 0.6 is 0 Å². The minimum atomic E-state index is -1.10. The molecule has 0 aromatic heterocycles. The SMILES string of the molecule is CC(C)(C)OC(=O)NCC(=O)N1CC=C[C@H]1C(=O)O. The molecule has 2 amide bonds. The number of carbonyl (C=O) groups is 3. The number of nitrogens with one attached hydrogen (secondary N) is 1. The molecule has 0 bridgehead atoms. The molecule has 0 saturated carbocycles. The molecule has 7 nitrogen and oxygen atoms in total. The van der Waals surface area contributed by atoms with Gasteiger partial charge in [-0.05, 0) is 20.8 Å². The van der Waals surface area contributed by atoms with E-state index in [9.17, 15) is 14.4 Å². The van der Waals surface area contributed by atoms with Crippen LogP contribution in [0.15, 0.2) is 12.2 Å². The predicted molar refractivity (Wildman–Crippen MR) is 66.5 cm³/mol. The van der Waals surface area contributed by atoms with Gasteiger partial charge in [0.2, 0.25) is 5.91 Å². The van der Waals surface area contributed by atoms with E-state index in [1.165, 1.54) is 11.0 Å². The molecule has 1 rings (SSSR count). The number of carboxylic acids is 1. The number of rotatable bonds is 3. The van der Waals surface area contributed by atoms with Crippen molar-refractivity contribution in [3.8, 4) is 0 Å². The molecular formula is C12H18N2O5. The summed E-state index contributed by atoms with van der Waals surface area (Å²) in [7, 11) is 0. The molecule has 1 atom stereocenters. The fraction of sp³-hybridized carbons (Fsp3) is 0.583. The van der Waals surface area contributed by atoms with Gasteiger partial charge in [-0.25, -0.2) is 9.59 Å². The van der Waals surface area contributed by atoms with Crippen LogP contribution in [0.25, 0.3) is 0 Å². The second kappa shape index (κ2) is 5.73. The highest BCUT2D eigenvalue weighted by Crippen LogP contribution is 2.10. The Morgan fingerprint density at radius 2 is 2.05 bits per heavy atom. The molecule has 1 aliphatic heterocycles. The number of aliphatic carboxylic acids is 1. The van der Waals surface area contributed by atoms with E-state index >= 15 is 0 Å². The standard InChI is InChI=1S/C12H18N2O5/c1-12(2,3)19-11(18)13-7-9(15)14-6-4-5-8(14)10(16)17/h4-5,8H,6-7H2,1-3H3,(H,13,18)(H,16,17)/t8-/m0/s1. The molecule has 0 fully saturated rings. The third kappa shape index (κ3) is 4.61. The van der Waals surface area contributed by atoms with E-state index < -0.39 is 29.6 Å². The zero-order valence-corrected chi connectivity index (χ0v) is 11.2. The van der Waals surface area contributed by atoms with Gasteiger partial charge < -0.3 is 20.1 Å². The van der Waals surface area contributed by atoms with Crippen molar-refractivity contribution in [1.29, 1.82) is 0 Å². The van der Waals surface area contributed by atoms with Crippen molar-refractivity contribution in [3.63, 3.8) is 0 Å². The smallest absolute Gasteiger partial charge is 0.408 e. The summed E-state index contributed by atoms with van der Waals surface area (Å²) in [5, 5.41) is 11.2. The van der Waals surface area contributed by atoms with E-state index in [1.807, 2.05) is 0 Å². The van der Waals surface area contributed by atoms with Crippen LogP contribution in [-0.4, -0.2) is 52.7 Å². The number of nitrogens with zero attached hydrogens (tertiary/aromatic N) is 1. The lowest BCUT2D eigenvalue weighted by atomic mass is 10.2. The van der Waals surface area contributed by atoms with E-state index in [1.54, 1.807) is 26.8 Å². The number of ether oxygens (including phenoxy) is 1. The first-order valence-corrected chi connectivity index (χ1v) is 5.86. The normalized spacial score (nSPS) is 18.3. The number of amides is 2. The molecule has 0 spiro atoms. The van der Waals surface area contributed by atoms with Gasteiger partial charge in [-0.15, -0.1) is 0 Å². The average molecular weight is 270 g/mol. The van der Waals surface area contributed by atoms with Crippen LogP contribution in [0.4, 0.5) is 4.79 Å². The summed E-state index contributed by atoms with van der Waals surface area (Å²) in [6, 6.07) is -0.965. The summed E-state index contributed by atoms with van der Waals surface area (Å²) >= 11 is 0. The Morgan fingerprint density at radius 1 is 1.42 bits per heavy atom. The van der Waals surface area contributed by atoms with Crippen molar-refractivity contribution in [2.75, 3.05) is 13.1 Å². The summed E-state index contributed by atoms with van der Waals surface area (Å²) in [5.74, 6) is -1.57. The lowest BCUT2D eigenvalue weighted by Gasteiger charge is -2.23. The summed E-state index contributed by atoms with van der Waals surface area (Å²) in [6.07, 6.45) is 2.33. The Labute approximate surface area is 111 Å². The highest BCUT2D eigenvalue weighted by atomic mass is 16.6. The van der Waals surface area contributed by atoms with Gasteiger partial charge in [0, 0.05) is 6.54 Å². The van der Waals surface area contributed by atoms with Crippen molar-refractivity contribution in [1.82, 2.24) is 10.2 Å². The molecule has 0 unspecified atom stereocenters. The van der Waals surface area contributed by atoms with Crippen LogP contribution in [0, 0.1) is 0 Å². The van der Waals surface area contributed by atoms with Crippen LogP contribution in [0.5, 0.6) is 0 Å². The minimum Gasteiger partial charge on any atom is -0.479 e. The van der Waals surface area contributed by atoms with Gasteiger partial charge in [0.15, 0.2) is 0 Å². The molecule has 0 aliphatic carbocycles. The van der Waals surface area contributed by atoms with Gasteiger partial charge in [-0.1, -0.05) is 12.2 Å². The Hall–Kier alpha value is -2.05. The van der Waals surface area contributed by atoms with Crippen LogP contribution < -0.4 is 5.32 Å². The largest absolute Gasteiger partial charge is 0.479 e. The first kappa shape index (κ1) is 15.0. The molecule has 1 aliphatic rings. The number of hydrogen-bond donors (Lipinski definition) is 2. The zero-order valence-electron chi connectivity index (χ0n) is 11.2. The summed E-state index contributed by atoms with van der Waals surface area (Å²) in [5.41, 5.74) is -0.647. The summed E-state index contributed by atoms with van der Waals surface area (Å²) < 4.78 is 4.97. The Kier molecular flexibility index (Phi) is 4.52. The van der Waals surface area contributed by atoms with Gasteiger partial charge in [0.05, 0.1) is 0 Å². The van der Waals surface area contributed by atoms with E-state index in [4.69, 9.17) is 9.84 Å². The maximum absolute atomic E-state index is 11.8. The minimum absolute atomic E-state index is 0.228. The Bertz CT molecular complexity index is 411. The fourth-order valence-electron chi connectivity index (χ4n) is 1.56. The molecule has 106 valence electrons. The molecule has 0 aromatic rings. The van der Waals surface area contributed by atoms with E-state index in [2.05, 4.69) is 5.32 Å². The van der Waals surface area contributed by atoms with E-state index in [0.717, 1.165) is 0 Å². The van der Waals surface area contributed by atoms with Crippen molar-refractivity contribution in [3.05, 3.63) is 12.2 Å². The van der Waals surface area contributed by atoms with Gasteiger partial charge in [0.1, 0.15) is 18.2 Å². The number of alkyl carbamates (subject to hydrolysis) is 1. The molecule has 19 heavy (non-hydrogen) atoms. The number of hydrogen-bond acceptors (Lipinski definition) is 4. The molecular weight excluding hydrogens is 252 g/mol. The second-order valence-electron chi connectivity index (χ2n) is 5.11. The lowest BCUT2D eigenvalue weighted by molar-refractivity contribution is -0.146. The van der Waals surface area contributed by atoms with Crippen molar-refractivity contribution >= 4 is 18.0 Å². The van der Waals surface area contributed by atoms with Crippen molar-refractivity contribution in [2.45, 2.75) is 32.4 Å². The number of carboxylic acid groups (broad SMARTS) is 1. The fourth-order valence-corrected chi connectivity index (χ4v) is 1.56. The highest BCUT2D eigenvalue weighted by molar-refractivity contribution is 5.88. The van der Waals surface area contributed by atoms with Crippen molar-refractivity contribution in [2.24, 2.45) is 0 Å². The third-order valence-corrected chi connectivity index (χ3v) is 2.31.